The second-order valence-electron chi connectivity index (χ2n) is 9.29. The number of carbonyl (C=O) groups is 1. The largest absolute Gasteiger partial charge is 0.460 e. The summed E-state index contributed by atoms with van der Waals surface area (Å²) in [4.78, 5) is 25.8. The molecule has 0 aliphatic carbocycles. The number of furan rings is 1. The number of hydrogen-bond acceptors (Lipinski definition) is 6. The first-order valence-corrected chi connectivity index (χ1v) is 12.1. The van der Waals surface area contributed by atoms with E-state index in [0.29, 0.717) is 34.8 Å². The Morgan fingerprint density at radius 2 is 1.62 bits per heavy atom. The molecule has 7 nitrogen and oxygen atoms in total. The number of hydrogen-bond donors (Lipinski definition) is 1. The third kappa shape index (κ3) is 3.93. The van der Waals surface area contributed by atoms with Crippen LogP contribution < -0.4 is 20.4 Å². The highest BCUT2D eigenvalue weighted by molar-refractivity contribution is 6.06. The molecule has 3 aromatic carbocycles. The Kier molecular flexibility index (Phi) is 5.48. The second-order valence-corrected chi connectivity index (χ2v) is 9.29. The van der Waals surface area contributed by atoms with Gasteiger partial charge in [-0.15, -0.1) is 0 Å². The van der Waals surface area contributed by atoms with Crippen molar-refractivity contribution in [2.24, 2.45) is 0 Å². The molecule has 1 aliphatic heterocycles. The third-order valence-corrected chi connectivity index (χ3v) is 6.96. The van der Waals surface area contributed by atoms with Crippen LogP contribution in [0.4, 0.5) is 0 Å². The van der Waals surface area contributed by atoms with E-state index >= 15 is 0 Å². The zero-order valence-corrected chi connectivity index (χ0v) is 20.8. The third-order valence-electron chi connectivity index (χ3n) is 6.96. The summed E-state index contributed by atoms with van der Waals surface area (Å²) in [6.07, 6.45) is -0.0816. The Hall–Kier alpha value is -4.52. The van der Waals surface area contributed by atoms with Crippen LogP contribution in [0.2, 0.25) is 0 Å². The summed E-state index contributed by atoms with van der Waals surface area (Å²) < 4.78 is 22.6. The van der Waals surface area contributed by atoms with Crippen molar-refractivity contribution in [3.63, 3.8) is 0 Å². The van der Waals surface area contributed by atoms with Gasteiger partial charge in [-0.05, 0) is 55.7 Å². The normalized spacial score (nSPS) is 12.4. The van der Waals surface area contributed by atoms with E-state index < -0.39 is 5.63 Å². The van der Waals surface area contributed by atoms with Crippen molar-refractivity contribution >= 4 is 27.8 Å². The van der Waals surface area contributed by atoms with Crippen molar-refractivity contribution in [3.05, 3.63) is 93.0 Å². The maximum Gasteiger partial charge on any atom is 0.340 e. The molecule has 6 rings (SSSR count). The predicted molar refractivity (Wildman–Crippen MR) is 140 cm³/mol. The van der Waals surface area contributed by atoms with E-state index in [1.165, 1.54) is 0 Å². The summed E-state index contributed by atoms with van der Waals surface area (Å²) in [5.74, 6) is 1.87. The van der Waals surface area contributed by atoms with Crippen molar-refractivity contribution in [2.45, 2.75) is 33.7 Å². The highest BCUT2D eigenvalue weighted by Gasteiger charge is 2.22. The van der Waals surface area contributed by atoms with Crippen LogP contribution in [-0.4, -0.2) is 12.7 Å². The van der Waals surface area contributed by atoms with Crippen LogP contribution in [0.15, 0.2) is 68.2 Å². The van der Waals surface area contributed by atoms with Crippen molar-refractivity contribution < 1.29 is 23.1 Å². The first-order chi connectivity index (χ1) is 17.9. The first-order valence-electron chi connectivity index (χ1n) is 12.1. The minimum atomic E-state index is -0.516. The Labute approximate surface area is 212 Å². The predicted octanol–water partition coefficient (Wildman–Crippen LogP) is 5.72. The van der Waals surface area contributed by atoms with Gasteiger partial charge in [0.15, 0.2) is 11.5 Å². The van der Waals surface area contributed by atoms with Gasteiger partial charge in [0.25, 0.3) is 0 Å². The van der Waals surface area contributed by atoms with E-state index in [2.05, 4.69) is 5.32 Å². The maximum absolute atomic E-state index is 13.0. The number of nitrogens with one attached hydrogen (secondary N) is 1. The quantitative estimate of drug-likeness (QED) is 0.314. The Morgan fingerprint density at radius 1 is 0.865 bits per heavy atom. The van der Waals surface area contributed by atoms with Crippen LogP contribution in [0.25, 0.3) is 33.1 Å². The topological polar surface area (TPSA) is 90.9 Å². The molecule has 0 atom stereocenters. The molecule has 0 unspecified atom stereocenters. The van der Waals surface area contributed by atoms with Crippen LogP contribution in [0, 0.1) is 20.8 Å². The Morgan fingerprint density at radius 3 is 2.43 bits per heavy atom. The fourth-order valence-corrected chi connectivity index (χ4v) is 5.02. The van der Waals surface area contributed by atoms with Crippen molar-refractivity contribution in [1.82, 2.24) is 5.32 Å². The lowest BCUT2D eigenvalue weighted by Crippen LogP contribution is -2.27. The molecule has 3 heterocycles. The van der Waals surface area contributed by atoms with Gasteiger partial charge >= 0.3 is 5.63 Å². The van der Waals surface area contributed by atoms with Gasteiger partial charge in [0.05, 0.1) is 12.0 Å². The highest BCUT2D eigenvalue weighted by atomic mass is 16.7. The molecule has 0 spiro atoms. The lowest BCUT2D eigenvalue weighted by Gasteiger charge is -2.11. The molecule has 1 N–H and O–H groups in total. The monoisotopic (exact) mass is 495 g/mol. The standard InChI is InChI=1S/C30H25NO6/c1-16-21-12-23-27(20-7-5-4-6-8-20)18(3)36-29(23)17(2)28(21)37-30(33)22(16)13-26(32)31-14-19-9-10-24-25(11-19)35-15-34-24/h4-12H,13-15H2,1-3H3,(H,31,32). The molecule has 0 bridgehead atoms. The molecule has 0 fully saturated rings. The van der Waals surface area contributed by atoms with E-state index in [1.54, 1.807) is 0 Å². The second kappa shape index (κ2) is 8.85. The molecular formula is C30H25NO6. The average Bonchev–Trinajstić information content (AvgIpc) is 3.50. The zero-order chi connectivity index (χ0) is 25.7. The van der Waals surface area contributed by atoms with E-state index in [0.717, 1.165) is 44.3 Å². The summed E-state index contributed by atoms with van der Waals surface area (Å²) in [5, 5.41) is 4.63. The van der Waals surface area contributed by atoms with E-state index in [1.807, 2.05) is 75.4 Å². The molecule has 37 heavy (non-hydrogen) atoms. The maximum atomic E-state index is 13.0. The molecule has 0 radical (unpaired) electrons. The number of benzene rings is 3. The summed E-state index contributed by atoms with van der Waals surface area (Å²) in [5.41, 5.74) is 5.43. The average molecular weight is 496 g/mol. The van der Waals surface area contributed by atoms with Gasteiger partial charge in [-0.1, -0.05) is 36.4 Å². The van der Waals surface area contributed by atoms with Crippen LogP contribution in [-0.2, 0) is 17.8 Å². The smallest absolute Gasteiger partial charge is 0.340 e. The van der Waals surface area contributed by atoms with Gasteiger partial charge < -0.3 is 23.6 Å². The van der Waals surface area contributed by atoms with Gasteiger partial charge in [0, 0.05) is 28.4 Å². The lowest BCUT2D eigenvalue weighted by molar-refractivity contribution is -0.120. The number of fused-ring (bicyclic) bond motifs is 3. The van der Waals surface area contributed by atoms with Gasteiger partial charge in [-0.2, -0.15) is 0 Å². The summed E-state index contributed by atoms with van der Waals surface area (Å²) in [6, 6.07) is 17.6. The Balaban J connectivity index is 1.34. The summed E-state index contributed by atoms with van der Waals surface area (Å²) in [6.45, 7) is 6.19. The van der Waals surface area contributed by atoms with Crippen LogP contribution in [0.3, 0.4) is 0 Å². The van der Waals surface area contributed by atoms with E-state index in [-0.39, 0.29) is 19.1 Å². The van der Waals surface area contributed by atoms with Gasteiger partial charge in [-0.25, -0.2) is 4.79 Å². The molecule has 7 heteroatoms. The minimum absolute atomic E-state index is 0.0816. The van der Waals surface area contributed by atoms with Crippen molar-refractivity contribution in [3.8, 4) is 22.6 Å². The van der Waals surface area contributed by atoms with E-state index in [9.17, 15) is 9.59 Å². The number of rotatable bonds is 5. The highest BCUT2D eigenvalue weighted by Crippen LogP contribution is 2.39. The SMILES string of the molecule is Cc1oc2c(C)c3oc(=O)c(CC(=O)NCc4ccc5c(c4)OCO5)c(C)c3cc2c1-c1ccccc1. The molecule has 5 aromatic rings. The van der Waals surface area contributed by atoms with Gasteiger partial charge in [0.1, 0.15) is 16.9 Å². The lowest BCUT2D eigenvalue weighted by atomic mass is 9.96. The van der Waals surface area contributed by atoms with Crippen LogP contribution in [0.1, 0.15) is 28.0 Å². The van der Waals surface area contributed by atoms with E-state index in [4.69, 9.17) is 18.3 Å². The molecule has 0 saturated carbocycles. The van der Waals surface area contributed by atoms with Crippen molar-refractivity contribution in [2.75, 3.05) is 6.79 Å². The van der Waals surface area contributed by atoms with Crippen molar-refractivity contribution in [1.29, 1.82) is 0 Å². The molecule has 2 aromatic heterocycles. The molecule has 1 amide bonds. The molecular weight excluding hydrogens is 470 g/mol. The molecule has 1 aliphatic rings. The number of carbonyl (C=O) groups excluding carboxylic acids is 1. The molecule has 0 saturated heterocycles. The number of amides is 1. The zero-order valence-electron chi connectivity index (χ0n) is 20.8. The molecule has 186 valence electrons. The summed E-state index contributed by atoms with van der Waals surface area (Å²) in [7, 11) is 0. The minimum Gasteiger partial charge on any atom is -0.460 e. The fourth-order valence-electron chi connectivity index (χ4n) is 5.02. The van der Waals surface area contributed by atoms with Gasteiger partial charge in [0.2, 0.25) is 12.7 Å². The number of aryl methyl sites for hydroxylation is 3. The fraction of sp³-hybridized carbons (Fsp3) is 0.200. The van der Waals surface area contributed by atoms with Crippen LogP contribution >= 0.6 is 0 Å². The van der Waals surface area contributed by atoms with Gasteiger partial charge in [-0.3, -0.25) is 4.79 Å². The Bertz CT molecular complexity index is 1750. The number of ether oxygens (including phenoxy) is 2. The summed E-state index contributed by atoms with van der Waals surface area (Å²) >= 11 is 0. The van der Waals surface area contributed by atoms with Crippen LogP contribution in [0.5, 0.6) is 11.5 Å². The first kappa shape index (κ1) is 22.9.